The monoisotopic (exact) mass is 444 g/mol. The van der Waals surface area contributed by atoms with Crippen LogP contribution in [0.1, 0.15) is 13.8 Å². The molecule has 0 fully saturated rings. The lowest BCUT2D eigenvalue weighted by molar-refractivity contribution is -0.138. The van der Waals surface area contributed by atoms with Gasteiger partial charge in [0, 0.05) is 23.6 Å². The van der Waals surface area contributed by atoms with E-state index in [1.807, 2.05) is 31.3 Å². The lowest BCUT2D eigenvalue weighted by Crippen LogP contribution is -2.44. The molecule has 0 unspecified atom stereocenters. The molecule has 0 radical (unpaired) electrons. The van der Waals surface area contributed by atoms with Gasteiger partial charge in [0.2, 0.25) is 0 Å². The number of imidazole rings is 1. The van der Waals surface area contributed by atoms with Gasteiger partial charge in [0.15, 0.2) is 16.7 Å². The van der Waals surface area contributed by atoms with E-state index in [1.165, 1.54) is 11.8 Å². The molecule has 2 aromatic rings. The van der Waals surface area contributed by atoms with Crippen LogP contribution in [0.4, 0.5) is 4.79 Å². The lowest BCUT2D eigenvalue weighted by atomic mass is 10.1. The number of esters is 1. The van der Waals surface area contributed by atoms with E-state index >= 15 is 0 Å². The molecule has 0 aliphatic carbocycles. The summed E-state index contributed by atoms with van der Waals surface area (Å²) in [6, 6.07) is 5.52. The second-order valence-corrected chi connectivity index (χ2v) is 7.75. The molecule has 31 heavy (non-hydrogen) atoms. The fraction of sp³-hybridized carbons (Fsp3) is 0.381. The van der Waals surface area contributed by atoms with E-state index in [2.05, 4.69) is 20.2 Å². The predicted octanol–water partition coefficient (Wildman–Crippen LogP) is 2.56. The molecule has 1 aromatic carbocycles. The zero-order valence-electron chi connectivity index (χ0n) is 17.4. The number of amides is 2. The average molecular weight is 445 g/mol. The highest BCUT2D eigenvalue weighted by molar-refractivity contribution is 7.99. The number of thioether (sulfide) groups is 1. The van der Waals surface area contributed by atoms with Crippen molar-refractivity contribution < 1.29 is 23.8 Å². The number of benzene rings is 1. The van der Waals surface area contributed by atoms with Crippen LogP contribution in [0.3, 0.4) is 0 Å². The van der Waals surface area contributed by atoms with Gasteiger partial charge in [-0.3, -0.25) is 0 Å². The molecule has 0 atom stereocenters. The van der Waals surface area contributed by atoms with E-state index in [-0.39, 0.29) is 19.2 Å². The highest BCUT2D eigenvalue weighted by Gasteiger charge is 2.24. The lowest BCUT2D eigenvalue weighted by Gasteiger charge is -2.21. The number of carbonyl (C=O) groups is 2. The van der Waals surface area contributed by atoms with Gasteiger partial charge in [0.1, 0.15) is 13.2 Å². The SMILES string of the molecule is CCOC(=O)C1=C(CSc2ncc(-c3ccc4c(c3)OCCO4)n2CC)NC(=O)NC1. The third kappa shape index (κ3) is 4.48. The molecule has 0 saturated heterocycles. The average Bonchev–Trinajstić information content (AvgIpc) is 3.20. The van der Waals surface area contributed by atoms with Gasteiger partial charge in [0.05, 0.1) is 30.6 Å². The van der Waals surface area contributed by atoms with E-state index in [0.29, 0.717) is 36.8 Å². The molecule has 10 heteroatoms. The molecular formula is C21H24N4O5S. The minimum absolute atomic E-state index is 0.144. The van der Waals surface area contributed by atoms with Gasteiger partial charge in [-0.1, -0.05) is 11.8 Å². The van der Waals surface area contributed by atoms with Gasteiger partial charge < -0.3 is 29.4 Å². The van der Waals surface area contributed by atoms with Crippen LogP contribution in [0.5, 0.6) is 11.5 Å². The molecule has 1 aromatic heterocycles. The summed E-state index contributed by atoms with van der Waals surface area (Å²) in [6.45, 7) is 6.01. The fourth-order valence-electron chi connectivity index (χ4n) is 3.42. The zero-order chi connectivity index (χ0) is 21.8. The number of carbonyl (C=O) groups excluding carboxylic acids is 2. The fourth-order valence-corrected chi connectivity index (χ4v) is 4.45. The van der Waals surface area contributed by atoms with Crippen molar-refractivity contribution in [3.63, 3.8) is 0 Å². The van der Waals surface area contributed by atoms with Crippen LogP contribution in [-0.4, -0.2) is 53.7 Å². The Morgan fingerprint density at radius 3 is 2.84 bits per heavy atom. The first-order chi connectivity index (χ1) is 15.1. The van der Waals surface area contributed by atoms with E-state index in [1.54, 1.807) is 6.92 Å². The molecule has 3 heterocycles. The van der Waals surface area contributed by atoms with Crippen molar-refractivity contribution in [2.24, 2.45) is 0 Å². The summed E-state index contributed by atoms with van der Waals surface area (Å²) in [5.41, 5.74) is 2.90. The van der Waals surface area contributed by atoms with Crippen molar-refractivity contribution in [1.82, 2.24) is 20.2 Å². The Labute approximate surface area is 184 Å². The van der Waals surface area contributed by atoms with E-state index < -0.39 is 5.97 Å². The van der Waals surface area contributed by atoms with Crippen molar-refractivity contribution in [2.45, 2.75) is 25.5 Å². The van der Waals surface area contributed by atoms with Crippen LogP contribution in [-0.2, 0) is 16.1 Å². The minimum atomic E-state index is -0.429. The third-order valence-electron chi connectivity index (χ3n) is 4.89. The number of rotatable bonds is 7. The molecule has 0 saturated carbocycles. The molecule has 2 aliphatic rings. The Hall–Kier alpha value is -3.14. The Balaban J connectivity index is 1.56. The number of nitrogens with one attached hydrogen (secondary N) is 2. The standard InChI is InChI=1S/C21H24N4O5S/c1-3-25-16(13-5-6-17-18(9-13)30-8-7-29-17)11-23-21(25)31-12-15-14(19(26)28-4-2)10-22-20(27)24-15/h5-6,9,11H,3-4,7-8,10,12H2,1-2H3,(H2,22,24,27). The maximum Gasteiger partial charge on any atom is 0.337 e. The van der Waals surface area contributed by atoms with Gasteiger partial charge in [-0.2, -0.15) is 0 Å². The smallest absolute Gasteiger partial charge is 0.337 e. The van der Waals surface area contributed by atoms with Crippen LogP contribution in [0.15, 0.2) is 40.8 Å². The summed E-state index contributed by atoms with van der Waals surface area (Å²) < 4.78 is 18.5. The van der Waals surface area contributed by atoms with Gasteiger partial charge in [-0.15, -0.1) is 0 Å². The number of aromatic nitrogens is 2. The molecule has 2 amide bonds. The molecule has 164 valence electrons. The Morgan fingerprint density at radius 2 is 2.06 bits per heavy atom. The molecule has 2 N–H and O–H groups in total. The van der Waals surface area contributed by atoms with E-state index in [4.69, 9.17) is 14.2 Å². The van der Waals surface area contributed by atoms with Crippen LogP contribution in [0, 0.1) is 0 Å². The second-order valence-electron chi connectivity index (χ2n) is 6.80. The van der Waals surface area contributed by atoms with Crippen molar-refractivity contribution in [3.05, 3.63) is 35.7 Å². The molecule has 0 bridgehead atoms. The highest BCUT2D eigenvalue weighted by atomic mass is 32.2. The summed E-state index contributed by atoms with van der Waals surface area (Å²) in [5.74, 6) is 1.43. The first kappa shape index (κ1) is 21.1. The number of hydrogen-bond acceptors (Lipinski definition) is 7. The van der Waals surface area contributed by atoms with Crippen LogP contribution >= 0.6 is 11.8 Å². The summed E-state index contributed by atoms with van der Waals surface area (Å²) in [5, 5.41) is 6.13. The van der Waals surface area contributed by atoms with Crippen molar-refractivity contribution in [2.75, 3.05) is 32.1 Å². The van der Waals surface area contributed by atoms with E-state index in [9.17, 15) is 9.59 Å². The molecule has 4 rings (SSSR count). The van der Waals surface area contributed by atoms with Gasteiger partial charge >= 0.3 is 12.0 Å². The minimum Gasteiger partial charge on any atom is -0.486 e. The number of nitrogens with zero attached hydrogens (tertiary/aromatic N) is 2. The quantitative estimate of drug-likeness (QED) is 0.500. The Kier molecular flexibility index (Phi) is 6.36. The number of urea groups is 1. The topological polar surface area (TPSA) is 104 Å². The Bertz CT molecular complexity index is 1030. The largest absolute Gasteiger partial charge is 0.486 e. The summed E-state index contributed by atoms with van der Waals surface area (Å²) >= 11 is 1.45. The van der Waals surface area contributed by atoms with Crippen molar-refractivity contribution in [1.29, 1.82) is 0 Å². The number of ether oxygens (including phenoxy) is 3. The maximum absolute atomic E-state index is 12.2. The van der Waals surface area contributed by atoms with Crippen molar-refractivity contribution in [3.8, 4) is 22.8 Å². The zero-order valence-corrected chi connectivity index (χ0v) is 18.2. The second kappa shape index (κ2) is 9.34. The molecule has 2 aliphatic heterocycles. The van der Waals surface area contributed by atoms with Gasteiger partial charge in [-0.25, -0.2) is 14.6 Å². The van der Waals surface area contributed by atoms with Crippen molar-refractivity contribution >= 4 is 23.8 Å². The maximum atomic E-state index is 12.2. The summed E-state index contributed by atoms with van der Waals surface area (Å²) in [4.78, 5) is 28.6. The summed E-state index contributed by atoms with van der Waals surface area (Å²) in [6.07, 6.45) is 1.82. The first-order valence-electron chi connectivity index (χ1n) is 10.1. The van der Waals surface area contributed by atoms with Gasteiger partial charge in [0.25, 0.3) is 0 Å². The molecule has 9 nitrogen and oxygen atoms in total. The molecule has 0 spiro atoms. The van der Waals surface area contributed by atoms with Gasteiger partial charge in [-0.05, 0) is 32.0 Å². The summed E-state index contributed by atoms with van der Waals surface area (Å²) in [7, 11) is 0. The number of fused-ring (bicyclic) bond motifs is 1. The normalized spacial score (nSPS) is 15.4. The number of hydrogen-bond donors (Lipinski definition) is 2. The highest BCUT2D eigenvalue weighted by Crippen LogP contribution is 2.35. The van der Waals surface area contributed by atoms with Crippen LogP contribution in [0.2, 0.25) is 0 Å². The van der Waals surface area contributed by atoms with Crippen LogP contribution < -0.4 is 20.1 Å². The third-order valence-corrected chi connectivity index (χ3v) is 5.91. The predicted molar refractivity (Wildman–Crippen MR) is 115 cm³/mol. The van der Waals surface area contributed by atoms with Crippen LogP contribution in [0.25, 0.3) is 11.3 Å². The Morgan fingerprint density at radius 1 is 1.26 bits per heavy atom. The molecular weight excluding hydrogens is 420 g/mol. The first-order valence-corrected chi connectivity index (χ1v) is 11.1. The van der Waals surface area contributed by atoms with E-state index in [0.717, 1.165) is 27.9 Å².